The Morgan fingerprint density at radius 1 is 0.500 bits per heavy atom. The fourth-order valence-corrected chi connectivity index (χ4v) is 5.27. The molecule has 6 nitrogen and oxygen atoms in total. The Labute approximate surface area is 237 Å². The Morgan fingerprint density at radius 2 is 0.850 bits per heavy atom. The lowest BCUT2D eigenvalue weighted by Gasteiger charge is -2.36. The van der Waals surface area contributed by atoms with Crippen LogP contribution in [-0.2, 0) is 0 Å². The summed E-state index contributed by atoms with van der Waals surface area (Å²) < 4.78 is 0. The lowest BCUT2D eigenvalue weighted by Crippen LogP contribution is -2.50. The molecule has 206 valence electrons. The predicted molar refractivity (Wildman–Crippen MR) is 162 cm³/mol. The minimum Gasteiger partial charge on any atom is -0.336 e. The summed E-state index contributed by atoms with van der Waals surface area (Å²) in [5.74, 6) is -0.0961. The molecule has 2 heterocycles. The monoisotopic (exact) mass is 534 g/mol. The lowest BCUT2D eigenvalue weighted by molar-refractivity contribution is 0.0612. The van der Waals surface area contributed by atoms with Crippen LogP contribution in [0.1, 0.15) is 31.8 Å². The van der Waals surface area contributed by atoms with Gasteiger partial charge in [-0.25, -0.2) is 0 Å². The minimum absolute atomic E-state index is 0.0480. The third-order valence-corrected chi connectivity index (χ3v) is 7.65. The molecule has 0 radical (unpaired) electrons. The van der Waals surface area contributed by atoms with Crippen molar-refractivity contribution >= 4 is 24.0 Å². The highest BCUT2D eigenvalue weighted by Crippen LogP contribution is 2.17. The van der Waals surface area contributed by atoms with Gasteiger partial charge >= 0.3 is 0 Å². The van der Waals surface area contributed by atoms with Crippen LogP contribution in [0.4, 0.5) is 0 Å². The molecule has 6 heteroatoms. The summed E-state index contributed by atoms with van der Waals surface area (Å²) in [4.78, 5) is 35.5. The maximum absolute atomic E-state index is 13.5. The summed E-state index contributed by atoms with van der Waals surface area (Å²) in [6.07, 6.45) is 8.64. The molecule has 0 N–H and O–H groups in total. The quantitative estimate of drug-likeness (QED) is 0.423. The Kier molecular flexibility index (Phi) is 9.56. The van der Waals surface area contributed by atoms with Crippen LogP contribution in [-0.4, -0.2) is 96.9 Å². The van der Waals surface area contributed by atoms with Gasteiger partial charge in [0.25, 0.3) is 11.8 Å². The normalized spacial score (nSPS) is 17.1. The Hall–Kier alpha value is -4.00. The first kappa shape index (κ1) is 27.6. The van der Waals surface area contributed by atoms with Gasteiger partial charge < -0.3 is 9.80 Å². The number of hydrogen-bond acceptors (Lipinski definition) is 4. The smallest absolute Gasteiger partial charge is 0.254 e. The first-order valence-electron chi connectivity index (χ1n) is 14.2. The molecule has 0 aromatic heterocycles. The van der Waals surface area contributed by atoms with Crippen LogP contribution in [0.3, 0.4) is 0 Å². The molecular formula is C34H38N4O2. The van der Waals surface area contributed by atoms with Crippen molar-refractivity contribution in [1.82, 2.24) is 19.6 Å². The standard InChI is InChI=1S/C34H38N4O2/c39-33(37-25-21-35(22-26-37)19-9-15-29-11-3-1-4-12-29)31-17-7-8-18-32(31)34(40)38-27-23-36(24-28-38)20-10-16-30-13-5-2-6-14-30/h1-18H,19-28H2/b15-9+,16-10+. The van der Waals surface area contributed by atoms with Crippen molar-refractivity contribution in [2.45, 2.75) is 0 Å². The molecule has 0 unspecified atom stereocenters. The van der Waals surface area contributed by atoms with Gasteiger partial charge in [-0.1, -0.05) is 97.1 Å². The summed E-state index contributed by atoms with van der Waals surface area (Å²) in [7, 11) is 0. The van der Waals surface area contributed by atoms with Gasteiger partial charge in [0, 0.05) is 65.4 Å². The maximum atomic E-state index is 13.5. The molecule has 0 aliphatic carbocycles. The molecule has 0 atom stereocenters. The van der Waals surface area contributed by atoms with Crippen LogP contribution in [0.5, 0.6) is 0 Å². The van der Waals surface area contributed by atoms with Crippen molar-refractivity contribution in [3.63, 3.8) is 0 Å². The van der Waals surface area contributed by atoms with Crippen molar-refractivity contribution in [1.29, 1.82) is 0 Å². The zero-order valence-corrected chi connectivity index (χ0v) is 23.1. The van der Waals surface area contributed by atoms with E-state index in [2.05, 4.69) is 58.4 Å². The molecule has 2 aliphatic heterocycles. The summed E-state index contributed by atoms with van der Waals surface area (Å²) in [5, 5.41) is 0. The number of nitrogens with zero attached hydrogens (tertiary/aromatic N) is 4. The SMILES string of the molecule is O=C(c1ccccc1C(=O)N1CCN(C/C=C/c2ccccc2)CC1)N1CCN(C/C=C/c2ccccc2)CC1. The molecule has 0 bridgehead atoms. The fraction of sp³-hybridized carbons (Fsp3) is 0.294. The highest BCUT2D eigenvalue weighted by molar-refractivity contribution is 6.07. The van der Waals surface area contributed by atoms with E-state index in [4.69, 9.17) is 0 Å². The van der Waals surface area contributed by atoms with Crippen LogP contribution < -0.4 is 0 Å². The van der Waals surface area contributed by atoms with Gasteiger partial charge in [-0.2, -0.15) is 0 Å². The van der Waals surface area contributed by atoms with Gasteiger partial charge in [0.2, 0.25) is 0 Å². The van der Waals surface area contributed by atoms with Crippen LogP contribution >= 0.6 is 0 Å². The molecule has 40 heavy (non-hydrogen) atoms. The fourth-order valence-electron chi connectivity index (χ4n) is 5.27. The van der Waals surface area contributed by atoms with Gasteiger partial charge in [0.05, 0.1) is 11.1 Å². The average molecular weight is 535 g/mol. The number of carbonyl (C=O) groups excluding carboxylic acids is 2. The Balaban J connectivity index is 1.11. The van der Waals surface area contributed by atoms with Crippen molar-refractivity contribution < 1.29 is 9.59 Å². The molecule has 5 rings (SSSR count). The molecule has 2 saturated heterocycles. The van der Waals surface area contributed by atoms with E-state index in [-0.39, 0.29) is 11.8 Å². The zero-order chi connectivity index (χ0) is 27.6. The molecule has 0 spiro atoms. The number of rotatable bonds is 8. The number of piperazine rings is 2. The van der Waals surface area contributed by atoms with E-state index in [9.17, 15) is 9.59 Å². The number of hydrogen-bond donors (Lipinski definition) is 0. The van der Waals surface area contributed by atoms with Crippen LogP contribution in [0.25, 0.3) is 12.2 Å². The zero-order valence-electron chi connectivity index (χ0n) is 23.1. The highest BCUT2D eigenvalue weighted by Gasteiger charge is 2.28. The van der Waals surface area contributed by atoms with E-state index in [1.807, 2.05) is 58.3 Å². The topological polar surface area (TPSA) is 47.1 Å². The van der Waals surface area contributed by atoms with Crippen molar-refractivity contribution in [2.75, 3.05) is 65.4 Å². The second-order valence-electron chi connectivity index (χ2n) is 10.4. The first-order chi connectivity index (χ1) is 19.7. The van der Waals surface area contributed by atoms with Crippen LogP contribution in [0, 0.1) is 0 Å². The number of carbonyl (C=O) groups is 2. The molecule has 3 aromatic carbocycles. The number of benzene rings is 3. The second-order valence-corrected chi connectivity index (χ2v) is 10.4. The summed E-state index contributed by atoms with van der Waals surface area (Å²) in [6, 6.07) is 27.9. The first-order valence-corrected chi connectivity index (χ1v) is 14.2. The summed E-state index contributed by atoms with van der Waals surface area (Å²) in [5.41, 5.74) is 3.41. The summed E-state index contributed by atoms with van der Waals surface area (Å²) >= 11 is 0. The van der Waals surface area contributed by atoms with Gasteiger partial charge in [0.15, 0.2) is 0 Å². The highest BCUT2D eigenvalue weighted by atomic mass is 16.2. The third kappa shape index (κ3) is 7.34. The molecule has 2 fully saturated rings. The Bertz CT molecular complexity index is 1200. The van der Waals surface area contributed by atoms with E-state index >= 15 is 0 Å². The molecule has 2 aliphatic rings. The van der Waals surface area contributed by atoms with Crippen molar-refractivity contribution in [3.8, 4) is 0 Å². The average Bonchev–Trinajstić information content (AvgIpc) is 3.02. The molecular weight excluding hydrogens is 496 g/mol. The van der Waals surface area contributed by atoms with Crippen molar-refractivity contribution in [3.05, 3.63) is 119 Å². The van der Waals surface area contributed by atoms with Crippen LogP contribution in [0.15, 0.2) is 97.1 Å². The summed E-state index contributed by atoms with van der Waals surface area (Å²) in [6.45, 7) is 7.66. The van der Waals surface area contributed by atoms with Crippen LogP contribution in [0.2, 0.25) is 0 Å². The van der Waals surface area contributed by atoms with Crippen molar-refractivity contribution in [2.24, 2.45) is 0 Å². The van der Waals surface area contributed by atoms with E-state index < -0.39 is 0 Å². The van der Waals surface area contributed by atoms with E-state index in [0.717, 1.165) is 39.3 Å². The van der Waals surface area contributed by atoms with Gasteiger partial charge in [-0.15, -0.1) is 0 Å². The lowest BCUT2D eigenvalue weighted by atomic mass is 10.0. The van der Waals surface area contributed by atoms with Gasteiger partial charge in [-0.05, 0) is 23.3 Å². The molecule has 3 aromatic rings. The number of amides is 2. The van der Waals surface area contributed by atoms with E-state index in [0.29, 0.717) is 37.3 Å². The Morgan fingerprint density at radius 3 is 1.23 bits per heavy atom. The van der Waals surface area contributed by atoms with Gasteiger partial charge in [0.1, 0.15) is 0 Å². The molecule has 0 saturated carbocycles. The second kappa shape index (κ2) is 13.9. The van der Waals surface area contributed by atoms with Gasteiger partial charge in [-0.3, -0.25) is 19.4 Å². The minimum atomic E-state index is -0.0480. The molecule has 2 amide bonds. The maximum Gasteiger partial charge on any atom is 0.254 e. The predicted octanol–water partition coefficient (Wildman–Crippen LogP) is 4.63. The largest absolute Gasteiger partial charge is 0.336 e. The van der Waals surface area contributed by atoms with E-state index in [1.54, 1.807) is 12.1 Å². The van der Waals surface area contributed by atoms with E-state index in [1.165, 1.54) is 11.1 Å². The third-order valence-electron chi connectivity index (χ3n) is 7.65.